The van der Waals surface area contributed by atoms with Crippen molar-refractivity contribution in [1.29, 1.82) is 5.26 Å². The summed E-state index contributed by atoms with van der Waals surface area (Å²) < 4.78 is 40.0. The Morgan fingerprint density at radius 3 is 2.32 bits per heavy atom. The fraction of sp³-hybridized carbons (Fsp3) is 0.133. The minimum atomic E-state index is -4.76. The number of hydrogen-bond acceptors (Lipinski definition) is 4. The fourth-order valence-electron chi connectivity index (χ4n) is 1.93. The number of nitrogens with zero attached hydrogens (tertiary/aromatic N) is 1. The summed E-state index contributed by atoms with van der Waals surface area (Å²) in [5.74, 6) is -0.458. The molecule has 22 heavy (non-hydrogen) atoms. The molecular formula is C15H11F3N2O2. The number of halogens is 3. The first kappa shape index (κ1) is 15.7. The van der Waals surface area contributed by atoms with E-state index in [-0.39, 0.29) is 11.5 Å². The number of rotatable bonds is 3. The molecule has 0 saturated carbocycles. The van der Waals surface area contributed by atoms with Gasteiger partial charge in [0.05, 0.1) is 17.7 Å². The van der Waals surface area contributed by atoms with E-state index >= 15 is 0 Å². The van der Waals surface area contributed by atoms with Gasteiger partial charge in [-0.15, -0.1) is 13.2 Å². The van der Waals surface area contributed by atoms with E-state index in [2.05, 4.69) is 4.74 Å². The molecule has 0 unspecified atom stereocenters. The van der Waals surface area contributed by atoms with E-state index in [4.69, 9.17) is 11.0 Å². The van der Waals surface area contributed by atoms with Crippen molar-refractivity contribution < 1.29 is 23.0 Å². The van der Waals surface area contributed by atoms with Crippen LogP contribution in [0.2, 0.25) is 0 Å². The Balaban J connectivity index is 2.27. The molecular weight excluding hydrogens is 297 g/mol. The highest BCUT2D eigenvalue weighted by Gasteiger charge is 2.31. The number of alkyl halides is 3. The normalized spacial score (nSPS) is 12.5. The highest BCUT2D eigenvalue weighted by Crippen LogP contribution is 2.30. The number of hydrogen-bond donors (Lipinski definition) is 2. The third-order valence-electron chi connectivity index (χ3n) is 2.96. The summed E-state index contributed by atoms with van der Waals surface area (Å²) >= 11 is 0. The Morgan fingerprint density at radius 2 is 1.77 bits per heavy atom. The van der Waals surface area contributed by atoms with Gasteiger partial charge in [0.1, 0.15) is 11.5 Å². The Morgan fingerprint density at radius 1 is 1.14 bits per heavy atom. The summed E-state index contributed by atoms with van der Waals surface area (Å²) in [5.41, 5.74) is 7.09. The van der Waals surface area contributed by atoms with Crippen LogP contribution < -0.4 is 10.5 Å². The largest absolute Gasteiger partial charge is 0.573 e. The van der Waals surface area contributed by atoms with Gasteiger partial charge in [0.25, 0.3) is 0 Å². The van der Waals surface area contributed by atoms with Gasteiger partial charge in [0, 0.05) is 5.56 Å². The predicted octanol–water partition coefficient (Wildman–Crippen LogP) is 3.21. The van der Waals surface area contributed by atoms with E-state index in [1.54, 1.807) is 0 Å². The Kier molecular flexibility index (Phi) is 4.24. The van der Waals surface area contributed by atoms with E-state index in [9.17, 15) is 18.3 Å². The first-order valence-electron chi connectivity index (χ1n) is 6.14. The lowest BCUT2D eigenvalue weighted by molar-refractivity contribution is -0.274. The molecule has 0 spiro atoms. The van der Waals surface area contributed by atoms with Crippen molar-refractivity contribution in [3.8, 4) is 17.6 Å². The fourth-order valence-corrected chi connectivity index (χ4v) is 1.93. The van der Waals surface area contributed by atoms with Crippen LogP contribution >= 0.6 is 0 Å². The Hall–Kier alpha value is -2.72. The van der Waals surface area contributed by atoms with Gasteiger partial charge in [-0.3, -0.25) is 0 Å². The molecule has 1 atom stereocenters. The maximum absolute atomic E-state index is 12.1. The van der Waals surface area contributed by atoms with Gasteiger partial charge in [-0.2, -0.15) is 5.26 Å². The quantitative estimate of drug-likeness (QED) is 0.912. The van der Waals surface area contributed by atoms with Crippen LogP contribution in [-0.4, -0.2) is 11.5 Å². The zero-order valence-electron chi connectivity index (χ0n) is 11.1. The van der Waals surface area contributed by atoms with Crippen molar-refractivity contribution in [1.82, 2.24) is 0 Å². The van der Waals surface area contributed by atoms with Gasteiger partial charge in [0.2, 0.25) is 0 Å². The lowest BCUT2D eigenvalue weighted by atomic mass is 9.97. The zero-order chi connectivity index (χ0) is 16.3. The van der Waals surface area contributed by atoms with E-state index in [1.165, 1.54) is 30.3 Å². The summed E-state index contributed by atoms with van der Waals surface area (Å²) in [4.78, 5) is 0. The molecule has 7 heteroatoms. The van der Waals surface area contributed by atoms with Gasteiger partial charge in [-0.25, -0.2) is 0 Å². The van der Waals surface area contributed by atoms with Crippen LogP contribution in [-0.2, 0) is 0 Å². The van der Waals surface area contributed by atoms with Crippen LogP contribution in [0.1, 0.15) is 22.7 Å². The van der Waals surface area contributed by atoms with Crippen LogP contribution in [0.3, 0.4) is 0 Å². The molecule has 114 valence electrons. The molecule has 0 aliphatic carbocycles. The molecule has 0 aromatic heterocycles. The number of phenolic OH excluding ortho intramolecular Hbond substituents is 1. The summed E-state index contributed by atoms with van der Waals surface area (Å²) in [6.07, 6.45) is -4.76. The molecule has 2 rings (SSSR count). The zero-order valence-corrected chi connectivity index (χ0v) is 11.1. The maximum atomic E-state index is 12.1. The molecule has 3 N–H and O–H groups in total. The van der Waals surface area contributed by atoms with Crippen molar-refractivity contribution in [2.24, 2.45) is 5.73 Å². The third kappa shape index (κ3) is 3.68. The highest BCUT2D eigenvalue weighted by molar-refractivity contribution is 5.46. The maximum Gasteiger partial charge on any atom is 0.573 e. The SMILES string of the molecule is N#Cc1ccc(O)c([C@@H](N)c2ccc(OC(F)(F)F)cc2)c1. The highest BCUT2D eigenvalue weighted by atomic mass is 19.4. The monoisotopic (exact) mass is 308 g/mol. The van der Waals surface area contributed by atoms with Gasteiger partial charge in [-0.05, 0) is 35.9 Å². The smallest absolute Gasteiger partial charge is 0.508 e. The van der Waals surface area contributed by atoms with Crippen molar-refractivity contribution in [2.45, 2.75) is 12.4 Å². The molecule has 0 aliphatic rings. The average Bonchev–Trinajstić information content (AvgIpc) is 2.46. The van der Waals surface area contributed by atoms with E-state index in [0.717, 1.165) is 12.1 Å². The molecule has 0 heterocycles. The minimum Gasteiger partial charge on any atom is -0.508 e. The van der Waals surface area contributed by atoms with Crippen LogP contribution in [0.4, 0.5) is 13.2 Å². The summed E-state index contributed by atoms with van der Waals surface area (Å²) in [6, 6.07) is 10.3. The van der Waals surface area contributed by atoms with Crippen LogP contribution in [0.25, 0.3) is 0 Å². The number of nitrogens with two attached hydrogens (primary N) is 1. The van der Waals surface area contributed by atoms with Gasteiger partial charge in [-0.1, -0.05) is 12.1 Å². The number of benzene rings is 2. The second-order valence-corrected chi connectivity index (χ2v) is 4.48. The predicted molar refractivity (Wildman–Crippen MR) is 72.0 cm³/mol. The Bertz CT molecular complexity index is 706. The molecule has 0 aliphatic heterocycles. The first-order valence-corrected chi connectivity index (χ1v) is 6.14. The number of phenols is 1. The lowest BCUT2D eigenvalue weighted by Crippen LogP contribution is -2.17. The molecule has 0 radical (unpaired) electrons. The third-order valence-corrected chi connectivity index (χ3v) is 2.96. The molecule has 2 aromatic carbocycles. The lowest BCUT2D eigenvalue weighted by Gasteiger charge is -2.15. The standard InChI is InChI=1S/C15H11F3N2O2/c16-15(17,18)22-11-4-2-10(3-5-11)14(20)12-7-9(8-19)1-6-13(12)21/h1-7,14,21H,20H2/t14-/m0/s1. The summed E-state index contributed by atoms with van der Waals surface area (Å²) in [6.45, 7) is 0. The second kappa shape index (κ2) is 5.95. The Labute approximate surface area is 124 Å². The molecule has 4 nitrogen and oxygen atoms in total. The summed E-state index contributed by atoms with van der Waals surface area (Å²) in [5, 5.41) is 18.7. The van der Waals surface area contributed by atoms with Crippen molar-refractivity contribution in [3.63, 3.8) is 0 Å². The van der Waals surface area contributed by atoms with E-state index < -0.39 is 12.4 Å². The topological polar surface area (TPSA) is 79.3 Å². The minimum absolute atomic E-state index is 0.0953. The van der Waals surface area contributed by atoms with Crippen molar-refractivity contribution >= 4 is 0 Å². The van der Waals surface area contributed by atoms with Crippen molar-refractivity contribution in [3.05, 3.63) is 59.2 Å². The van der Waals surface area contributed by atoms with Crippen molar-refractivity contribution in [2.75, 3.05) is 0 Å². The number of ether oxygens (including phenoxy) is 1. The number of nitriles is 1. The van der Waals surface area contributed by atoms with Gasteiger partial charge >= 0.3 is 6.36 Å². The molecule has 0 bridgehead atoms. The average molecular weight is 308 g/mol. The molecule has 2 aromatic rings. The van der Waals surface area contributed by atoms with E-state index in [0.29, 0.717) is 16.7 Å². The second-order valence-electron chi connectivity index (χ2n) is 4.48. The molecule has 0 fully saturated rings. The van der Waals surface area contributed by atoms with Gasteiger partial charge in [0.15, 0.2) is 0 Å². The molecule has 0 saturated heterocycles. The van der Waals surface area contributed by atoms with Crippen LogP contribution in [0.5, 0.6) is 11.5 Å². The van der Waals surface area contributed by atoms with E-state index in [1.807, 2.05) is 6.07 Å². The first-order chi connectivity index (χ1) is 10.3. The molecule has 0 amide bonds. The van der Waals surface area contributed by atoms with Crippen LogP contribution in [0, 0.1) is 11.3 Å². The van der Waals surface area contributed by atoms with Gasteiger partial charge < -0.3 is 15.6 Å². The summed E-state index contributed by atoms with van der Waals surface area (Å²) in [7, 11) is 0. The number of aromatic hydroxyl groups is 1. The van der Waals surface area contributed by atoms with Crippen LogP contribution in [0.15, 0.2) is 42.5 Å².